The third-order valence-corrected chi connectivity index (χ3v) is 5.82. The van der Waals surface area contributed by atoms with Gasteiger partial charge < -0.3 is 14.7 Å². The summed E-state index contributed by atoms with van der Waals surface area (Å²) in [6.07, 6.45) is 7.19. The van der Waals surface area contributed by atoms with E-state index in [0.29, 0.717) is 35.8 Å². The molecule has 4 heterocycles. The molecule has 0 saturated carbocycles. The first kappa shape index (κ1) is 18.9. The van der Waals surface area contributed by atoms with E-state index in [2.05, 4.69) is 30.0 Å². The van der Waals surface area contributed by atoms with Gasteiger partial charge in [0.25, 0.3) is 5.91 Å². The van der Waals surface area contributed by atoms with E-state index in [-0.39, 0.29) is 5.91 Å². The second-order valence-electron chi connectivity index (χ2n) is 7.28. The molecule has 2 aliphatic heterocycles. The summed E-state index contributed by atoms with van der Waals surface area (Å²) in [6.45, 7) is 3.17. The fourth-order valence-electron chi connectivity index (χ4n) is 3.85. The molecule has 9 heteroatoms. The highest BCUT2D eigenvalue weighted by atomic mass is 35.5. The summed E-state index contributed by atoms with van der Waals surface area (Å²) in [6, 6.07) is 4.15. The van der Waals surface area contributed by atoms with Crippen LogP contribution in [-0.2, 0) is 0 Å². The van der Waals surface area contributed by atoms with Crippen LogP contribution in [0, 0.1) is 0 Å². The number of halogens is 1. The first-order valence-electron chi connectivity index (χ1n) is 9.71. The van der Waals surface area contributed by atoms with E-state index in [1.54, 1.807) is 12.4 Å². The predicted molar refractivity (Wildman–Crippen MR) is 108 cm³/mol. The average Bonchev–Trinajstić information content (AvgIpc) is 3.29. The summed E-state index contributed by atoms with van der Waals surface area (Å²) < 4.78 is 0. The first-order chi connectivity index (χ1) is 13.6. The molecule has 28 heavy (non-hydrogen) atoms. The largest absolute Gasteiger partial charge is 0.355 e. The molecule has 8 nitrogen and oxygen atoms in total. The minimum atomic E-state index is -0.117. The highest BCUT2D eigenvalue weighted by Crippen LogP contribution is 2.24. The Morgan fingerprint density at radius 1 is 1.21 bits per heavy atom. The lowest BCUT2D eigenvalue weighted by Gasteiger charge is -2.37. The van der Waals surface area contributed by atoms with Crippen molar-refractivity contribution in [1.82, 2.24) is 25.1 Å². The van der Waals surface area contributed by atoms with Gasteiger partial charge in [0.2, 0.25) is 5.95 Å². The molecule has 0 unspecified atom stereocenters. The van der Waals surface area contributed by atoms with Crippen molar-refractivity contribution in [3.63, 3.8) is 0 Å². The molecule has 1 amide bonds. The van der Waals surface area contributed by atoms with Crippen molar-refractivity contribution in [3.8, 4) is 0 Å². The fraction of sp³-hybridized carbons (Fsp3) is 0.526. The van der Waals surface area contributed by atoms with Gasteiger partial charge >= 0.3 is 0 Å². The maximum atomic E-state index is 13.0. The van der Waals surface area contributed by atoms with Crippen molar-refractivity contribution >= 4 is 29.3 Å². The third-order valence-electron chi connectivity index (χ3n) is 5.54. The zero-order valence-corrected chi connectivity index (χ0v) is 16.7. The molecular formula is C19H24ClN7O. The molecule has 0 aliphatic carbocycles. The number of hydrogen-bond acceptors (Lipinski definition) is 7. The van der Waals surface area contributed by atoms with Crippen LogP contribution in [0.4, 0.5) is 11.8 Å². The lowest BCUT2D eigenvalue weighted by Crippen LogP contribution is -2.46. The Kier molecular flexibility index (Phi) is 5.57. The zero-order valence-electron chi connectivity index (χ0n) is 16.0. The Balaban J connectivity index is 1.42. The van der Waals surface area contributed by atoms with Crippen molar-refractivity contribution in [1.29, 1.82) is 0 Å². The first-order valence-corrected chi connectivity index (χ1v) is 10.1. The zero-order chi connectivity index (χ0) is 19.5. The smallest absolute Gasteiger partial charge is 0.274 e. The number of anilines is 2. The van der Waals surface area contributed by atoms with Gasteiger partial charge in [0, 0.05) is 45.5 Å². The van der Waals surface area contributed by atoms with Crippen LogP contribution in [0.2, 0.25) is 5.02 Å². The topological polar surface area (TPSA) is 78.4 Å². The van der Waals surface area contributed by atoms with Crippen LogP contribution in [0.1, 0.15) is 36.2 Å². The molecule has 0 bridgehead atoms. The molecule has 2 aliphatic rings. The average molecular weight is 402 g/mol. The quantitative estimate of drug-likeness (QED) is 0.777. The monoisotopic (exact) mass is 401 g/mol. The molecule has 0 atom stereocenters. The van der Waals surface area contributed by atoms with E-state index in [4.69, 9.17) is 11.6 Å². The minimum Gasteiger partial charge on any atom is -0.355 e. The number of rotatable bonds is 4. The second kappa shape index (κ2) is 8.26. The van der Waals surface area contributed by atoms with E-state index < -0.39 is 0 Å². The van der Waals surface area contributed by atoms with Crippen molar-refractivity contribution in [2.24, 2.45) is 0 Å². The molecular weight excluding hydrogens is 378 g/mol. The molecule has 148 valence electrons. The van der Waals surface area contributed by atoms with Gasteiger partial charge in [0.15, 0.2) is 11.5 Å². The number of nitrogens with zero attached hydrogens (tertiary/aromatic N) is 7. The van der Waals surface area contributed by atoms with Gasteiger partial charge in [-0.25, -0.2) is 9.97 Å². The number of likely N-dealkylation sites (tertiary alicyclic amines) is 1. The molecule has 4 rings (SSSR count). The van der Waals surface area contributed by atoms with Gasteiger partial charge in [0.1, 0.15) is 0 Å². The predicted octanol–water partition coefficient (Wildman–Crippen LogP) is 2.26. The normalized spacial score (nSPS) is 17.8. The fourth-order valence-corrected chi connectivity index (χ4v) is 4.02. The minimum absolute atomic E-state index is 0.117. The third kappa shape index (κ3) is 3.87. The SMILES string of the molecule is CN(c1cccnn1)C1CCN(C(=O)c2nc(N3CCCC3)ncc2Cl)CC1. The summed E-state index contributed by atoms with van der Waals surface area (Å²) in [5.41, 5.74) is 0.305. The molecule has 2 fully saturated rings. The van der Waals surface area contributed by atoms with Crippen LogP contribution < -0.4 is 9.80 Å². The van der Waals surface area contributed by atoms with E-state index >= 15 is 0 Å². The Morgan fingerprint density at radius 2 is 1.96 bits per heavy atom. The Hall–Kier alpha value is -2.48. The van der Waals surface area contributed by atoms with E-state index in [1.807, 2.05) is 24.1 Å². The van der Waals surface area contributed by atoms with Crippen molar-refractivity contribution < 1.29 is 4.79 Å². The van der Waals surface area contributed by atoms with Gasteiger partial charge in [-0.2, -0.15) is 5.10 Å². The second-order valence-corrected chi connectivity index (χ2v) is 7.68. The number of carbonyl (C=O) groups excluding carboxylic acids is 1. The van der Waals surface area contributed by atoms with Crippen LogP contribution in [0.5, 0.6) is 0 Å². The molecule has 2 saturated heterocycles. The summed E-state index contributed by atoms with van der Waals surface area (Å²) in [5, 5.41) is 8.43. The van der Waals surface area contributed by atoms with E-state index in [9.17, 15) is 4.79 Å². The highest BCUT2D eigenvalue weighted by molar-refractivity contribution is 6.33. The van der Waals surface area contributed by atoms with Gasteiger partial charge in [0.05, 0.1) is 11.2 Å². The van der Waals surface area contributed by atoms with Gasteiger partial charge in [-0.15, -0.1) is 5.10 Å². The Labute approximate surface area is 169 Å². The molecule has 0 aromatic carbocycles. The van der Waals surface area contributed by atoms with Crippen LogP contribution in [0.15, 0.2) is 24.5 Å². The van der Waals surface area contributed by atoms with Crippen molar-refractivity contribution in [2.45, 2.75) is 31.7 Å². The molecule has 2 aromatic rings. The van der Waals surface area contributed by atoms with Gasteiger partial charge in [-0.05, 0) is 37.8 Å². The standard InChI is InChI=1S/C19H24ClN7O/c1-25(16-5-4-8-22-24-16)14-6-11-26(12-7-14)18(28)17-15(20)13-21-19(23-17)27-9-2-3-10-27/h4-5,8,13-14H,2-3,6-7,9-12H2,1H3. The van der Waals surface area contributed by atoms with E-state index in [1.165, 1.54) is 0 Å². The molecule has 2 aromatic heterocycles. The Morgan fingerprint density at radius 3 is 2.64 bits per heavy atom. The molecule has 0 N–H and O–H groups in total. The number of carbonyl (C=O) groups is 1. The van der Waals surface area contributed by atoms with Gasteiger partial charge in [-0.1, -0.05) is 11.6 Å². The number of hydrogen-bond donors (Lipinski definition) is 0. The Bertz CT molecular complexity index is 820. The lowest BCUT2D eigenvalue weighted by molar-refractivity contribution is 0.0707. The van der Waals surface area contributed by atoms with Crippen molar-refractivity contribution in [3.05, 3.63) is 35.2 Å². The maximum absolute atomic E-state index is 13.0. The summed E-state index contributed by atoms with van der Waals surface area (Å²) >= 11 is 6.26. The van der Waals surface area contributed by atoms with Crippen LogP contribution in [-0.4, -0.2) is 70.2 Å². The van der Waals surface area contributed by atoms with Crippen LogP contribution in [0.3, 0.4) is 0 Å². The summed E-state index contributed by atoms with van der Waals surface area (Å²) in [5.74, 6) is 1.33. The lowest BCUT2D eigenvalue weighted by atomic mass is 10.0. The highest BCUT2D eigenvalue weighted by Gasteiger charge is 2.29. The number of amides is 1. The summed E-state index contributed by atoms with van der Waals surface area (Å²) in [4.78, 5) is 27.9. The van der Waals surface area contributed by atoms with E-state index in [0.717, 1.165) is 44.6 Å². The van der Waals surface area contributed by atoms with Crippen molar-refractivity contribution in [2.75, 3.05) is 43.0 Å². The number of aromatic nitrogens is 4. The molecule has 0 radical (unpaired) electrons. The van der Waals surface area contributed by atoms with Crippen LogP contribution >= 0.6 is 11.6 Å². The molecule has 0 spiro atoms. The number of piperidine rings is 1. The van der Waals surface area contributed by atoms with Crippen LogP contribution in [0.25, 0.3) is 0 Å². The van der Waals surface area contributed by atoms with Gasteiger partial charge in [-0.3, -0.25) is 4.79 Å². The maximum Gasteiger partial charge on any atom is 0.274 e. The summed E-state index contributed by atoms with van der Waals surface area (Å²) in [7, 11) is 2.02.